The van der Waals surface area contributed by atoms with E-state index in [4.69, 9.17) is 5.73 Å². The Labute approximate surface area is 126 Å². The second kappa shape index (κ2) is 5.77. The largest absolute Gasteiger partial charge is 0.399 e. The molecule has 3 N–H and O–H groups in total. The molecule has 1 amide bonds. The number of nitrogens with two attached hydrogens (primary N) is 1. The molecule has 1 heterocycles. The number of anilines is 1. The smallest absolute Gasteiger partial charge is 0.251 e. The lowest BCUT2D eigenvalue weighted by Gasteiger charge is -2.26. The van der Waals surface area contributed by atoms with Gasteiger partial charge >= 0.3 is 0 Å². The van der Waals surface area contributed by atoms with Crippen molar-refractivity contribution < 1.29 is 9.18 Å². The van der Waals surface area contributed by atoms with E-state index in [0.29, 0.717) is 11.3 Å². The van der Waals surface area contributed by atoms with Gasteiger partial charge in [0.25, 0.3) is 5.91 Å². The van der Waals surface area contributed by atoms with Crippen LogP contribution in [0.15, 0.2) is 47.4 Å². The average molecular weight is 302 g/mol. The van der Waals surface area contributed by atoms with E-state index in [9.17, 15) is 9.18 Å². The van der Waals surface area contributed by atoms with Crippen molar-refractivity contribution in [2.24, 2.45) is 0 Å². The van der Waals surface area contributed by atoms with Crippen LogP contribution in [0.2, 0.25) is 0 Å². The first-order valence-electron chi connectivity index (χ1n) is 6.72. The van der Waals surface area contributed by atoms with E-state index in [0.717, 1.165) is 22.6 Å². The van der Waals surface area contributed by atoms with Crippen LogP contribution >= 0.6 is 11.8 Å². The van der Waals surface area contributed by atoms with Crippen LogP contribution in [0.5, 0.6) is 0 Å². The molecule has 0 saturated carbocycles. The fourth-order valence-corrected chi connectivity index (χ4v) is 3.54. The summed E-state index contributed by atoms with van der Waals surface area (Å²) in [6.07, 6.45) is 0.787. The van der Waals surface area contributed by atoms with Gasteiger partial charge in [-0.1, -0.05) is 6.07 Å². The van der Waals surface area contributed by atoms with Crippen LogP contribution < -0.4 is 11.1 Å². The lowest BCUT2D eigenvalue weighted by Crippen LogP contribution is -2.30. The molecule has 2 aromatic carbocycles. The first-order valence-corrected chi connectivity index (χ1v) is 7.71. The maximum Gasteiger partial charge on any atom is 0.251 e. The molecule has 5 heteroatoms. The van der Waals surface area contributed by atoms with Gasteiger partial charge in [-0.2, -0.15) is 0 Å². The number of carbonyl (C=O) groups is 1. The summed E-state index contributed by atoms with van der Waals surface area (Å²) in [5, 5.41) is 2.97. The van der Waals surface area contributed by atoms with E-state index in [-0.39, 0.29) is 17.8 Å². The van der Waals surface area contributed by atoms with Crippen molar-refractivity contribution >= 4 is 23.4 Å². The number of nitrogens with one attached hydrogen (secondary N) is 1. The molecule has 1 aliphatic rings. The van der Waals surface area contributed by atoms with Gasteiger partial charge in [0.15, 0.2) is 0 Å². The first-order chi connectivity index (χ1) is 10.1. The minimum Gasteiger partial charge on any atom is -0.399 e. The normalized spacial score (nSPS) is 17.1. The number of hydrogen-bond donors (Lipinski definition) is 2. The molecule has 0 bridgehead atoms. The van der Waals surface area contributed by atoms with Crippen LogP contribution in [0.25, 0.3) is 0 Å². The molecule has 0 fully saturated rings. The van der Waals surface area contributed by atoms with Gasteiger partial charge in [-0.3, -0.25) is 4.79 Å². The molecule has 108 valence electrons. The Morgan fingerprint density at radius 3 is 2.95 bits per heavy atom. The topological polar surface area (TPSA) is 55.1 Å². The summed E-state index contributed by atoms with van der Waals surface area (Å²) in [4.78, 5) is 13.3. The third-order valence-electron chi connectivity index (χ3n) is 3.47. The van der Waals surface area contributed by atoms with E-state index < -0.39 is 0 Å². The van der Waals surface area contributed by atoms with Crippen molar-refractivity contribution in [1.29, 1.82) is 0 Å². The summed E-state index contributed by atoms with van der Waals surface area (Å²) >= 11 is 1.69. The number of amides is 1. The maximum absolute atomic E-state index is 13.4. The fourth-order valence-electron chi connectivity index (χ4n) is 2.44. The number of benzene rings is 2. The Kier molecular flexibility index (Phi) is 3.84. The number of fused-ring (bicyclic) bond motifs is 1. The standard InChI is InChI=1S/C16H15FN2OS/c17-11-4-5-15-13(9-11)14(6-7-21-15)19-16(20)10-2-1-3-12(18)8-10/h1-5,8-9,14H,6-7,18H2,(H,19,20). The van der Waals surface area contributed by atoms with Crippen molar-refractivity contribution in [2.45, 2.75) is 17.4 Å². The van der Waals surface area contributed by atoms with Crippen LogP contribution in [0.3, 0.4) is 0 Å². The molecular formula is C16H15FN2OS. The van der Waals surface area contributed by atoms with Gasteiger partial charge in [0.1, 0.15) is 5.82 Å². The number of halogens is 1. The molecule has 2 aromatic rings. The minimum absolute atomic E-state index is 0.161. The average Bonchev–Trinajstić information content (AvgIpc) is 2.48. The highest BCUT2D eigenvalue weighted by Crippen LogP contribution is 2.36. The molecule has 0 aromatic heterocycles. The number of nitrogen functional groups attached to an aromatic ring is 1. The number of rotatable bonds is 2. The molecule has 0 saturated heterocycles. The van der Waals surface area contributed by atoms with Crippen LogP contribution in [0.1, 0.15) is 28.4 Å². The summed E-state index contributed by atoms with van der Waals surface area (Å²) in [5.74, 6) is 0.439. The second-order valence-corrected chi connectivity index (χ2v) is 6.11. The number of thioether (sulfide) groups is 1. The maximum atomic E-state index is 13.4. The Hall–Kier alpha value is -2.01. The van der Waals surface area contributed by atoms with Gasteiger partial charge in [-0.25, -0.2) is 4.39 Å². The van der Waals surface area contributed by atoms with Gasteiger partial charge in [0.2, 0.25) is 0 Å². The zero-order valence-electron chi connectivity index (χ0n) is 11.3. The van der Waals surface area contributed by atoms with Crippen molar-refractivity contribution in [2.75, 3.05) is 11.5 Å². The zero-order chi connectivity index (χ0) is 14.8. The predicted molar refractivity (Wildman–Crippen MR) is 82.8 cm³/mol. The second-order valence-electron chi connectivity index (χ2n) is 4.97. The summed E-state index contributed by atoms with van der Waals surface area (Å²) < 4.78 is 13.4. The molecule has 0 aliphatic carbocycles. The molecule has 3 rings (SSSR count). The highest BCUT2D eigenvalue weighted by molar-refractivity contribution is 7.99. The monoisotopic (exact) mass is 302 g/mol. The third kappa shape index (κ3) is 3.03. The van der Waals surface area contributed by atoms with E-state index in [1.165, 1.54) is 12.1 Å². The van der Waals surface area contributed by atoms with Gasteiger partial charge in [0.05, 0.1) is 6.04 Å². The van der Waals surface area contributed by atoms with Crippen LogP contribution in [0.4, 0.5) is 10.1 Å². The van der Waals surface area contributed by atoms with Gasteiger partial charge < -0.3 is 11.1 Å². The first kappa shape index (κ1) is 13.9. The van der Waals surface area contributed by atoms with E-state index in [1.807, 2.05) is 0 Å². The van der Waals surface area contributed by atoms with E-state index >= 15 is 0 Å². The summed E-state index contributed by atoms with van der Waals surface area (Å²) in [5.41, 5.74) is 7.61. The molecule has 1 aliphatic heterocycles. The van der Waals surface area contributed by atoms with Crippen molar-refractivity contribution in [3.8, 4) is 0 Å². The van der Waals surface area contributed by atoms with E-state index in [2.05, 4.69) is 5.32 Å². The van der Waals surface area contributed by atoms with Crippen molar-refractivity contribution in [1.82, 2.24) is 5.32 Å². The van der Waals surface area contributed by atoms with Crippen molar-refractivity contribution in [3.05, 3.63) is 59.4 Å². The highest BCUT2D eigenvalue weighted by Gasteiger charge is 2.23. The molecule has 3 nitrogen and oxygen atoms in total. The van der Waals surface area contributed by atoms with Gasteiger partial charge in [0, 0.05) is 21.9 Å². The Morgan fingerprint density at radius 2 is 2.14 bits per heavy atom. The minimum atomic E-state index is -0.278. The highest BCUT2D eigenvalue weighted by atomic mass is 32.2. The Balaban J connectivity index is 1.83. The fraction of sp³-hybridized carbons (Fsp3) is 0.188. The van der Waals surface area contributed by atoms with Crippen LogP contribution in [-0.2, 0) is 0 Å². The molecule has 0 spiro atoms. The lowest BCUT2D eigenvalue weighted by molar-refractivity contribution is 0.0935. The third-order valence-corrected chi connectivity index (χ3v) is 4.59. The SMILES string of the molecule is Nc1cccc(C(=O)NC2CCSc3ccc(F)cc32)c1. The van der Waals surface area contributed by atoms with Gasteiger partial charge in [-0.15, -0.1) is 11.8 Å². The van der Waals surface area contributed by atoms with E-state index in [1.54, 1.807) is 42.1 Å². The molecule has 0 radical (unpaired) electrons. The number of carbonyl (C=O) groups excluding carboxylic acids is 1. The molecule has 1 unspecified atom stereocenters. The molecule has 21 heavy (non-hydrogen) atoms. The van der Waals surface area contributed by atoms with Crippen LogP contribution in [-0.4, -0.2) is 11.7 Å². The zero-order valence-corrected chi connectivity index (χ0v) is 12.1. The van der Waals surface area contributed by atoms with Gasteiger partial charge in [-0.05, 0) is 48.4 Å². The Bertz CT molecular complexity index is 690. The predicted octanol–water partition coefficient (Wildman–Crippen LogP) is 3.37. The quantitative estimate of drug-likeness (QED) is 0.836. The Morgan fingerprint density at radius 1 is 1.29 bits per heavy atom. The molecular weight excluding hydrogens is 287 g/mol. The summed E-state index contributed by atoms with van der Waals surface area (Å²) in [6.45, 7) is 0. The summed E-state index contributed by atoms with van der Waals surface area (Å²) in [7, 11) is 0. The molecule has 1 atom stereocenters. The lowest BCUT2D eigenvalue weighted by atomic mass is 10.0. The summed E-state index contributed by atoms with van der Waals surface area (Å²) in [6, 6.07) is 11.4. The number of hydrogen-bond acceptors (Lipinski definition) is 3. The van der Waals surface area contributed by atoms with Crippen LogP contribution in [0, 0.1) is 5.82 Å². The van der Waals surface area contributed by atoms with Crippen molar-refractivity contribution in [3.63, 3.8) is 0 Å².